The maximum absolute atomic E-state index is 6.13. The molecule has 0 aliphatic carbocycles. The van der Waals surface area contributed by atoms with Crippen LogP contribution in [0, 0.1) is 0 Å². The van der Waals surface area contributed by atoms with Gasteiger partial charge in [0.05, 0.1) is 10.7 Å². The van der Waals surface area contributed by atoms with Crippen LogP contribution in [0.3, 0.4) is 0 Å². The van der Waals surface area contributed by atoms with Crippen molar-refractivity contribution in [1.29, 1.82) is 0 Å². The average molecular weight is 287 g/mol. The number of anilines is 1. The Morgan fingerprint density at radius 3 is 2.76 bits per heavy atom. The molecule has 5 heteroatoms. The van der Waals surface area contributed by atoms with E-state index in [0.29, 0.717) is 16.1 Å². The molecule has 90 valence electrons. The van der Waals surface area contributed by atoms with E-state index in [-0.39, 0.29) is 0 Å². The third kappa shape index (κ3) is 3.12. The Hall–Kier alpha value is -0.770. The highest BCUT2D eigenvalue weighted by molar-refractivity contribution is 7.14. The molecule has 0 saturated heterocycles. The fourth-order valence-corrected chi connectivity index (χ4v) is 2.65. The zero-order valence-corrected chi connectivity index (χ0v) is 11.8. The number of nitrogens with one attached hydrogen (secondary N) is 1. The number of hydrogen-bond donors (Lipinski definition) is 1. The highest BCUT2D eigenvalue weighted by atomic mass is 35.5. The van der Waals surface area contributed by atoms with Crippen molar-refractivity contribution in [3.8, 4) is 11.3 Å². The molecule has 0 atom stereocenters. The average Bonchev–Trinajstić information content (AvgIpc) is 2.69. The Balaban J connectivity index is 2.33. The van der Waals surface area contributed by atoms with Gasteiger partial charge in [-0.05, 0) is 32.0 Å². The monoisotopic (exact) mass is 286 g/mol. The first-order valence-corrected chi connectivity index (χ1v) is 6.87. The van der Waals surface area contributed by atoms with Crippen LogP contribution in [0.4, 0.5) is 5.13 Å². The molecule has 2 rings (SSSR count). The van der Waals surface area contributed by atoms with E-state index < -0.39 is 0 Å². The highest BCUT2D eigenvalue weighted by Crippen LogP contribution is 2.32. The third-order valence-corrected chi connectivity index (χ3v) is 3.46. The smallest absolute Gasteiger partial charge is 0.183 e. The Morgan fingerprint density at radius 2 is 2.06 bits per heavy atom. The highest BCUT2D eigenvalue weighted by Gasteiger charge is 2.09. The van der Waals surface area contributed by atoms with Gasteiger partial charge in [-0.2, -0.15) is 0 Å². The van der Waals surface area contributed by atoms with Crippen LogP contribution >= 0.6 is 34.5 Å². The first-order valence-electron chi connectivity index (χ1n) is 5.24. The number of hydrogen-bond acceptors (Lipinski definition) is 3. The second kappa shape index (κ2) is 5.25. The molecule has 1 N–H and O–H groups in total. The quantitative estimate of drug-likeness (QED) is 0.865. The van der Waals surface area contributed by atoms with Gasteiger partial charge in [-0.15, -0.1) is 11.3 Å². The molecule has 1 aromatic heterocycles. The molecule has 1 heterocycles. The van der Waals surface area contributed by atoms with Crippen LogP contribution in [-0.4, -0.2) is 11.0 Å². The summed E-state index contributed by atoms with van der Waals surface area (Å²) in [7, 11) is 0. The molecule has 0 amide bonds. The van der Waals surface area contributed by atoms with E-state index in [0.717, 1.165) is 16.4 Å². The summed E-state index contributed by atoms with van der Waals surface area (Å²) < 4.78 is 0. The third-order valence-electron chi connectivity index (χ3n) is 2.12. The van der Waals surface area contributed by atoms with Gasteiger partial charge >= 0.3 is 0 Å². The molecule has 0 aliphatic heterocycles. The number of thiazole rings is 1. The minimum absolute atomic E-state index is 0.365. The minimum atomic E-state index is 0.365. The molecular weight excluding hydrogens is 275 g/mol. The van der Waals surface area contributed by atoms with Gasteiger partial charge in [0.15, 0.2) is 5.13 Å². The zero-order valence-electron chi connectivity index (χ0n) is 9.50. The number of aromatic nitrogens is 1. The molecule has 2 nitrogen and oxygen atoms in total. The normalized spacial score (nSPS) is 10.9. The standard InChI is InChI=1S/C12H12Cl2N2S/c1-7(2)15-12-16-11(6-17-12)9-5-8(13)3-4-10(9)14/h3-7H,1-2H3,(H,15,16). The Labute approximate surface area is 115 Å². The van der Waals surface area contributed by atoms with Crippen molar-refractivity contribution in [2.24, 2.45) is 0 Å². The van der Waals surface area contributed by atoms with Crippen molar-refractivity contribution in [3.05, 3.63) is 33.6 Å². The lowest BCUT2D eigenvalue weighted by molar-refractivity contribution is 0.897. The van der Waals surface area contributed by atoms with Crippen molar-refractivity contribution >= 4 is 39.7 Å². The summed E-state index contributed by atoms with van der Waals surface area (Å²) >= 11 is 13.7. The van der Waals surface area contributed by atoms with E-state index >= 15 is 0 Å². The van der Waals surface area contributed by atoms with E-state index in [1.54, 1.807) is 23.5 Å². The van der Waals surface area contributed by atoms with Crippen molar-refractivity contribution in [2.75, 3.05) is 5.32 Å². The van der Waals surface area contributed by atoms with Gasteiger partial charge in [-0.25, -0.2) is 4.98 Å². The molecule has 0 spiro atoms. The van der Waals surface area contributed by atoms with E-state index in [1.165, 1.54) is 0 Å². The van der Waals surface area contributed by atoms with E-state index in [9.17, 15) is 0 Å². The van der Waals surface area contributed by atoms with Crippen LogP contribution in [0.15, 0.2) is 23.6 Å². The van der Waals surface area contributed by atoms with E-state index in [2.05, 4.69) is 24.1 Å². The summed E-state index contributed by atoms with van der Waals surface area (Å²) in [6, 6.07) is 5.75. The maximum Gasteiger partial charge on any atom is 0.183 e. The molecule has 0 aliphatic rings. The van der Waals surface area contributed by atoms with Gasteiger partial charge in [0.1, 0.15) is 0 Å². The topological polar surface area (TPSA) is 24.9 Å². The fourth-order valence-electron chi connectivity index (χ4n) is 1.40. The number of halogens is 2. The van der Waals surface area contributed by atoms with Crippen molar-refractivity contribution in [1.82, 2.24) is 4.98 Å². The predicted molar refractivity (Wildman–Crippen MR) is 76.3 cm³/mol. The van der Waals surface area contributed by atoms with Crippen LogP contribution < -0.4 is 5.32 Å². The fraction of sp³-hybridized carbons (Fsp3) is 0.250. The lowest BCUT2D eigenvalue weighted by Crippen LogP contribution is -2.08. The number of nitrogens with zero attached hydrogens (tertiary/aromatic N) is 1. The van der Waals surface area contributed by atoms with E-state index in [1.807, 2.05) is 11.4 Å². The minimum Gasteiger partial charge on any atom is -0.359 e. The zero-order chi connectivity index (χ0) is 12.4. The van der Waals surface area contributed by atoms with Gasteiger partial charge in [0.2, 0.25) is 0 Å². The largest absolute Gasteiger partial charge is 0.359 e. The summed E-state index contributed by atoms with van der Waals surface area (Å²) in [4.78, 5) is 4.49. The molecular formula is C12H12Cl2N2S. The van der Waals surface area contributed by atoms with Crippen LogP contribution in [0.2, 0.25) is 10.0 Å². The van der Waals surface area contributed by atoms with Crippen molar-refractivity contribution in [3.63, 3.8) is 0 Å². The first-order chi connectivity index (χ1) is 8.06. The van der Waals surface area contributed by atoms with Crippen molar-refractivity contribution < 1.29 is 0 Å². The van der Waals surface area contributed by atoms with Crippen LogP contribution in [0.5, 0.6) is 0 Å². The number of rotatable bonds is 3. The number of benzene rings is 1. The first kappa shape index (κ1) is 12.7. The Bertz CT molecular complexity index is 523. The van der Waals surface area contributed by atoms with Gasteiger partial charge in [-0.1, -0.05) is 23.2 Å². The van der Waals surface area contributed by atoms with Crippen LogP contribution in [0.25, 0.3) is 11.3 Å². The molecule has 0 saturated carbocycles. The lowest BCUT2D eigenvalue weighted by atomic mass is 10.2. The summed E-state index contributed by atoms with van der Waals surface area (Å²) in [5.41, 5.74) is 1.72. The van der Waals surface area contributed by atoms with E-state index in [4.69, 9.17) is 23.2 Å². The molecule has 0 radical (unpaired) electrons. The Morgan fingerprint density at radius 1 is 1.29 bits per heavy atom. The molecule has 2 aromatic rings. The molecule has 0 bridgehead atoms. The predicted octanol–water partition coefficient (Wildman–Crippen LogP) is 4.94. The lowest BCUT2D eigenvalue weighted by Gasteiger charge is -2.05. The second-order valence-corrected chi connectivity index (χ2v) is 5.66. The van der Waals surface area contributed by atoms with Gasteiger partial charge in [0.25, 0.3) is 0 Å². The molecule has 0 fully saturated rings. The van der Waals surface area contributed by atoms with Crippen LogP contribution in [-0.2, 0) is 0 Å². The summed E-state index contributed by atoms with van der Waals surface area (Å²) in [6.07, 6.45) is 0. The molecule has 1 aromatic carbocycles. The SMILES string of the molecule is CC(C)Nc1nc(-c2cc(Cl)ccc2Cl)cs1. The van der Waals surface area contributed by atoms with Gasteiger partial charge < -0.3 is 5.32 Å². The molecule has 17 heavy (non-hydrogen) atoms. The molecule has 0 unspecified atom stereocenters. The summed E-state index contributed by atoms with van der Waals surface area (Å²) in [5.74, 6) is 0. The summed E-state index contributed by atoms with van der Waals surface area (Å²) in [6.45, 7) is 4.15. The van der Waals surface area contributed by atoms with Gasteiger partial charge in [0, 0.05) is 22.0 Å². The second-order valence-electron chi connectivity index (χ2n) is 3.96. The maximum atomic E-state index is 6.13. The van der Waals surface area contributed by atoms with Crippen molar-refractivity contribution in [2.45, 2.75) is 19.9 Å². The van der Waals surface area contributed by atoms with Crippen LogP contribution in [0.1, 0.15) is 13.8 Å². The van der Waals surface area contributed by atoms with Gasteiger partial charge in [-0.3, -0.25) is 0 Å². The Kier molecular flexibility index (Phi) is 3.92. The summed E-state index contributed by atoms with van der Waals surface area (Å²) in [5, 5.41) is 7.45.